The molecule has 0 amide bonds. The number of aromatic nitrogens is 2. The Morgan fingerprint density at radius 2 is 2.15 bits per heavy atom. The second-order valence-electron chi connectivity index (χ2n) is 5.43. The first kappa shape index (κ1) is 18.0. The monoisotopic (exact) mass is 371 g/mol. The van der Waals surface area contributed by atoms with E-state index < -0.39 is 11.5 Å². The van der Waals surface area contributed by atoms with Crippen LogP contribution in [0.3, 0.4) is 0 Å². The predicted octanol–water partition coefficient (Wildman–Crippen LogP) is 1.66. The standard InChI is InChI=1S/C17H17N5O5/c1-2-26-12-7-8(10-5-6-11(27-10)17(24)25)3-4-9(12)14-20-15(22-19)13(18)16(23)21-14/h3-7H,2,18-19H2,1H3,(H,24,25)(H2,20,21,22,23). The van der Waals surface area contributed by atoms with Crippen molar-refractivity contribution < 1.29 is 19.1 Å². The lowest BCUT2D eigenvalue weighted by atomic mass is 10.1. The molecule has 3 rings (SSSR count). The molecular weight excluding hydrogens is 354 g/mol. The number of aromatic carboxylic acids is 1. The highest BCUT2D eigenvalue weighted by Gasteiger charge is 2.16. The molecule has 3 aromatic rings. The molecule has 10 nitrogen and oxygen atoms in total. The van der Waals surface area contributed by atoms with Crippen LogP contribution in [-0.4, -0.2) is 27.7 Å². The zero-order chi connectivity index (χ0) is 19.6. The van der Waals surface area contributed by atoms with Crippen molar-refractivity contribution in [3.8, 4) is 28.5 Å². The Labute approximate surface area is 152 Å². The van der Waals surface area contributed by atoms with E-state index in [1.165, 1.54) is 6.07 Å². The Bertz CT molecular complexity index is 1060. The molecule has 0 spiro atoms. The minimum Gasteiger partial charge on any atom is -0.493 e. The van der Waals surface area contributed by atoms with Crippen molar-refractivity contribution >= 4 is 17.5 Å². The van der Waals surface area contributed by atoms with Crippen molar-refractivity contribution in [2.24, 2.45) is 5.84 Å². The number of hydrazine groups is 1. The van der Waals surface area contributed by atoms with Gasteiger partial charge in [-0.1, -0.05) is 6.07 Å². The first-order chi connectivity index (χ1) is 12.9. The number of rotatable bonds is 6. The van der Waals surface area contributed by atoms with Gasteiger partial charge in [0.15, 0.2) is 5.82 Å². The zero-order valence-corrected chi connectivity index (χ0v) is 14.3. The Morgan fingerprint density at radius 1 is 1.37 bits per heavy atom. The molecule has 0 atom stereocenters. The highest BCUT2D eigenvalue weighted by atomic mass is 16.5. The summed E-state index contributed by atoms with van der Waals surface area (Å²) in [5.74, 6) is 5.05. The maximum absolute atomic E-state index is 12.0. The number of anilines is 2. The molecule has 0 aliphatic rings. The fourth-order valence-corrected chi connectivity index (χ4v) is 2.47. The Balaban J connectivity index is 2.10. The summed E-state index contributed by atoms with van der Waals surface area (Å²) in [7, 11) is 0. The fourth-order valence-electron chi connectivity index (χ4n) is 2.47. The number of furan rings is 1. The van der Waals surface area contributed by atoms with Gasteiger partial charge in [0.1, 0.15) is 23.0 Å². The molecule has 2 heterocycles. The molecule has 0 bridgehead atoms. The molecule has 27 heavy (non-hydrogen) atoms. The molecule has 2 aromatic heterocycles. The summed E-state index contributed by atoms with van der Waals surface area (Å²) >= 11 is 0. The minimum absolute atomic E-state index is 0.0393. The van der Waals surface area contributed by atoms with Crippen molar-refractivity contribution in [1.82, 2.24) is 9.97 Å². The quantitative estimate of drug-likeness (QED) is 0.319. The molecule has 0 radical (unpaired) electrons. The van der Waals surface area contributed by atoms with Crippen LogP contribution in [0.5, 0.6) is 5.75 Å². The van der Waals surface area contributed by atoms with Crippen LogP contribution in [0, 0.1) is 0 Å². The Kier molecular flexibility index (Phi) is 4.81. The third-order valence-corrected chi connectivity index (χ3v) is 3.73. The third-order valence-electron chi connectivity index (χ3n) is 3.73. The lowest BCUT2D eigenvalue weighted by Gasteiger charge is -2.12. The van der Waals surface area contributed by atoms with Crippen molar-refractivity contribution in [2.45, 2.75) is 6.92 Å². The maximum atomic E-state index is 12.0. The van der Waals surface area contributed by atoms with Crippen LogP contribution in [0.4, 0.5) is 11.5 Å². The average molecular weight is 371 g/mol. The average Bonchev–Trinajstić information content (AvgIpc) is 3.15. The number of nitrogen functional groups attached to an aromatic ring is 2. The number of hydrogen-bond donors (Lipinski definition) is 5. The van der Waals surface area contributed by atoms with Crippen LogP contribution in [0.25, 0.3) is 22.7 Å². The van der Waals surface area contributed by atoms with Gasteiger partial charge in [-0.2, -0.15) is 0 Å². The van der Waals surface area contributed by atoms with E-state index in [9.17, 15) is 9.59 Å². The van der Waals surface area contributed by atoms with E-state index in [-0.39, 0.29) is 23.1 Å². The lowest BCUT2D eigenvalue weighted by molar-refractivity contribution is 0.0663. The van der Waals surface area contributed by atoms with Gasteiger partial charge < -0.3 is 30.4 Å². The van der Waals surface area contributed by atoms with Crippen LogP contribution in [0.15, 0.2) is 39.5 Å². The molecule has 140 valence electrons. The normalized spacial score (nSPS) is 10.6. The highest BCUT2D eigenvalue weighted by Crippen LogP contribution is 2.34. The van der Waals surface area contributed by atoms with Gasteiger partial charge in [-0.3, -0.25) is 4.79 Å². The second-order valence-corrected chi connectivity index (χ2v) is 5.43. The van der Waals surface area contributed by atoms with Crippen molar-refractivity contribution in [3.63, 3.8) is 0 Å². The number of hydrogen-bond acceptors (Lipinski definition) is 8. The number of nitrogens with zero attached hydrogens (tertiary/aromatic N) is 1. The fraction of sp³-hybridized carbons (Fsp3) is 0.118. The molecule has 10 heteroatoms. The van der Waals surface area contributed by atoms with E-state index in [1.54, 1.807) is 31.2 Å². The lowest BCUT2D eigenvalue weighted by Crippen LogP contribution is -2.20. The summed E-state index contributed by atoms with van der Waals surface area (Å²) in [6.45, 7) is 2.16. The molecule has 0 aliphatic heterocycles. The van der Waals surface area contributed by atoms with Gasteiger partial charge in [-0.15, -0.1) is 0 Å². The highest BCUT2D eigenvalue weighted by molar-refractivity contribution is 5.85. The Hall–Kier alpha value is -3.79. The number of carbonyl (C=O) groups is 1. The number of carboxylic acids is 1. The summed E-state index contributed by atoms with van der Waals surface area (Å²) in [4.78, 5) is 29.7. The van der Waals surface area contributed by atoms with Gasteiger partial charge in [0.25, 0.3) is 5.56 Å². The van der Waals surface area contributed by atoms with Crippen LogP contribution in [0.1, 0.15) is 17.5 Å². The van der Waals surface area contributed by atoms with E-state index in [1.807, 2.05) is 0 Å². The molecule has 0 aliphatic carbocycles. The number of carboxylic acid groups (broad SMARTS) is 1. The molecule has 7 N–H and O–H groups in total. The van der Waals surface area contributed by atoms with Crippen LogP contribution in [-0.2, 0) is 0 Å². The van der Waals surface area contributed by atoms with Gasteiger partial charge in [0, 0.05) is 5.56 Å². The maximum Gasteiger partial charge on any atom is 0.371 e. The van der Waals surface area contributed by atoms with Gasteiger partial charge in [0.2, 0.25) is 5.76 Å². The van der Waals surface area contributed by atoms with Crippen LogP contribution in [0.2, 0.25) is 0 Å². The molecular formula is C17H17N5O5. The summed E-state index contributed by atoms with van der Waals surface area (Å²) in [6.07, 6.45) is 0. The number of benzene rings is 1. The summed E-state index contributed by atoms with van der Waals surface area (Å²) < 4.78 is 11.0. The Morgan fingerprint density at radius 3 is 2.78 bits per heavy atom. The van der Waals surface area contributed by atoms with Crippen molar-refractivity contribution in [1.29, 1.82) is 0 Å². The SMILES string of the molecule is CCOc1cc(-c2ccc(C(=O)O)o2)ccc1-c1nc(NN)c(N)c(=O)[nH]1. The third kappa shape index (κ3) is 3.46. The van der Waals surface area contributed by atoms with E-state index >= 15 is 0 Å². The predicted molar refractivity (Wildman–Crippen MR) is 98.3 cm³/mol. The molecule has 0 fully saturated rings. The number of nitrogens with one attached hydrogen (secondary N) is 2. The van der Waals surface area contributed by atoms with E-state index in [2.05, 4.69) is 15.4 Å². The van der Waals surface area contributed by atoms with E-state index in [0.717, 1.165) is 0 Å². The van der Waals surface area contributed by atoms with E-state index in [0.29, 0.717) is 29.2 Å². The van der Waals surface area contributed by atoms with E-state index in [4.69, 9.17) is 25.8 Å². The van der Waals surface area contributed by atoms with Gasteiger partial charge in [-0.05, 0) is 31.2 Å². The summed E-state index contributed by atoms with van der Waals surface area (Å²) in [6, 6.07) is 7.93. The number of ether oxygens (including phenoxy) is 1. The molecule has 0 unspecified atom stereocenters. The molecule has 0 saturated carbocycles. The van der Waals surface area contributed by atoms with Gasteiger partial charge in [-0.25, -0.2) is 15.6 Å². The molecule has 1 aromatic carbocycles. The topological polar surface area (TPSA) is 169 Å². The molecule has 0 saturated heterocycles. The van der Waals surface area contributed by atoms with Crippen LogP contribution >= 0.6 is 0 Å². The van der Waals surface area contributed by atoms with Crippen molar-refractivity contribution in [2.75, 3.05) is 17.8 Å². The van der Waals surface area contributed by atoms with Crippen LogP contribution < -0.4 is 27.3 Å². The number of H-pyrrole nitrogens is 1. The van der Waals surface area contributed by atoms with Gasteiger partial charge in [0.05, 0.1) is 12.2 Å². The van der Waals surface area contributed by atoms with Gasteiger partial charge >= 0.3 is 5.97 Å². The first-order valence-corrected chi connectivity index (χ1v) is 7.91. The largest absolute Gasteiger partial charge is 0.493 e. The zero-order valence-electron chi connectivity index (χ0n) is 14.3. The second kappa shape index (κ2) is 7.22. The first-order valence-electron chi connectivity index (χ1n) is 7.91. The van der Waals surface area contributed by atoms with Crippen molar-refractivity contribution in [3.05, 3.63) is 46.4 Å². The number of aromatic amines is 1. The summed E-state index contributed by atoms with van der Waals surface area (Å²) in [5.41, 5.74) is 8.33. The number of nitrogens with two attached hydrogens (primary N) is 2. The minimum atomic E-state index is -1.16. The smallest absolute Gasteiger partial charge is 0.371 e. The summed E-state index contributed by atoms with van der Waals surface area (Å²) in [5, 5.41) is 8.99.